The quantitative estimate of drug-likeness (QED) is 0.512. The Morgan fingerprint density at radius 3 is 1.96 bits per heavy atom. The first-order valence-corrected chi connectivity index (χ1v) is 9.13. The van der Waals surface area contributed by atoms with Crippen molar-refractivity contribution >= 4 is 34.1 Å². The maximum atomic E-state index is 13.1. The Hall–Kier alpha value is -2.89. The molecule has 1 unspecified atom stereocenters. The second kappa shape index (κ2) is 7.15. The fourth-order valence-corrected chi connectivity index (χ4v) is 4.09. The van der Waals surface area contributed by atoms with Crippen molar-refractivity contribution in [2.24, 2.45) is 0 Å². The monoisotopic (exact) mass is 360 g/mol. The molecule has 0 N–H and O–H groups in total. The van der Waals surface area contributed by atoms with Crippen LogP contribution in [0.3, 0.4) is 0 Å². The van der Waals surface area contributed by atoms with Crippen molar-refractivity contribution in [1.29, 1.82) is 0 Å². The number of benzene rings is 3. The van der Waals surface area contributed by atoms with Gasteiger partial charge in [-0.2, -0.15) is 0 Å². The van der Waals surface area contributed by atoms with Crippen LogP contribution in [0.15, 0.2) is 91.0 Å². The minimum absolute atomic E-state index is 0.237. The van der Waals surface area contributed by atoms with Gasteiger partial charge in [-0.1, -0.05) is 54.6 Å². The van der Waals surface area contributed by atoms with Crippen LogP contribution in [-0.2, 0) is 4.79 Å². The minimum Gasteiger partial charge on any atom is -0.757 e. The van der Waals surface area contributed by atoms with E-state index >= 15 is 0 Å². The van der Waals surface area contributed by atoms with Crippen molar-refractivity contribution < 1.29 is 9.37 Å². The zero-order chi connectivity index (χ0) is 17.9. The average molecular weight is 360 g/mol. The molecule has 0 bridgehead atoms. The average Bonchev–Trinajstić information content (AvgIpc) is 3.06. The predicted molar refractivity (Wildman–Crippen MR) is 106 cm³/mol. The highest BCUT2D eigenvalue weighted by atomic mass is 32.2. The summed E-state index contributed by atoms with van der Waals surface area (Å²) in [5.41, 5.74) is 2.15. The van der Waals surface area contributed by atoms with Gasteiger partial charge in [-0.15, -0.1) is 4.58 Å². The van der Waals surface area contributed by atoms with Crippen LogP contribution in [0.4, 0.5) is 11.4 Å². The minimum atomic E-state index is -0.854. The van der Waals surface area contributed by atoms with Crippen LogP contribution in [0.1, 0.15) is 5.56 Å². The molecule has 0 spiro atoms. The van der Waals surface area contributed by atoms with Crippen molar-refractivity contribution in [2.75, 3.05) is 5.06 Å². The molecule has 128 valence electrons. The first kappa shape index (κ1) is 16.6. The van der Waals surface area contributed by atoms with E-state index in [4.69, 9.17) is 0 Å². The highest BCUT2D eigenvalue weighted by Gasteiger charge is 2.45. The lowest BCUT2D eigenvalue weighted by Gasteiger charge is -2.32. The molecule has 0 saturated carbocycles. The maximum Gasteiger partial charge on any atom is 0.426 e. The third-order valence-corrected chi connectivity index (χ3v) is 5.37. The van der Waals surface area contributed by atoms with E-state index in [2.05, 4.69) is 0 Å². The lowest BCUT2D eigenvalue weighted by molar-refractivity contribution is -0.361. The number of anilines is 1. The smallest absolute Gasteiger partial charge is 0.426 e. The number of carbonyl (C=O) groups excluding carboxylic acids is 1. The number of nitrogens with zero attached hydrogens (tertiary/aromatic N) is 2. The van der Waals surface area contributed by atoms with E-state index in [1.165, 1.54) is 11.8 Å². The molecule has 1 heterocycles. The molecule has 4 nitrogen and oxygen atoms in total. The summed E-state index contributed by atoms with van der Waals surface area (Å²) in [6.07, 6.45) is 0. The standard InChI is InChI=1S/C21H16N2O2S/c24-19-21(23(25)18-14-8-3-9-15-18)26-20(16-10-4-1-5-11-16)22(19)17-12-6-2-7-13-17/h1-15,21H. The van der Waals surface area contributed by atoms with Crippen molar-refractivity contribution in [3.63, 3.8) is 0 Å². The molecule has 0 aliphatic carbocycles. The molecule has 0 fully saturated rings. The largest absolute Gasteiger partial charge is 0.757 e. The number of rotatable bonds is 4. The molecule has 1 aliphatic rings. The van der Waals surface area contributed by atoms with Crippen molar-refractivity contribution in [2.45, 2.75) is 5.37 Å². The number of para-hydroxylation sites is 2. The summed E-state index contributed by atoms with van der Waals surface area (Å²) in [5, 5.41) is 13.5. The van der Waals surface area contributed by atoms with Gasteiger partial charge >= 0.3 is 5.91 Å². The van der Waals surface area contributed by atoms with Gasteiger partial charge in [0, 0.05) is 17.8 Å². The number of hydrogen-bond donors (Lipinski definition) is 0. The fourth-order valence-electron chi connectivity index (χ4n) is 2.88. The molecule has 0 aromatic heterocycles. The summed E-state index contributed by atoms with van der Waals surface area (Å²) in [6, 6.07) is 28.0. The number of thioether (sulfide) groups is 1. The van der Waals surface area contributed by atoms with E-state index in [0.717, 1.165) is 21.4 Å². The van der Waals surface area contributed by atoms with Crippen LogP contribution in [0.5, 0.6) is 0 Å². The van der Waals surface area contributed by atoms with Crippen LogP contribution >= 0.6 is 11.8 Å². The predicted octanol–water partition coefficient (Wildman–Crippen LogP) is 4.38. The van der Waals surface area contributed by atoms with Crippen LogP contribution < -0.4 is 5.06 Å². The SMILES string of the molecule is O=C1C(N([O-])c2ccccc2)SC(c2ccccc2)=[N+]1c1ccccc1. The van der Waals surface area contributed by atoms with E-state index in [9.17, 15) is 10.0 Å². The van der Waals surface area contributed by atoms with Crippen LogP contribution in [0.25, 0.3) is 0 Å². The Kier molecular flexibility index (Phi) is 4.56. The van der Waals surface area contributed by atoms with Gasteiger partial charge in [0.1, 0.15) is 0 Å². The fraction of sp³-hybridized carbons (Fsp3) is 0.0476. The molecule has 0 radical (unpaired) electrons. The van der Waals surface area contributed by atoms with Crippen molar-refractivity contribution in [1.82, 2.24) is 0 Å². The molecule has 4 rings (SSSR count). The maximum absolute atomic E-state index is 13.1. The molecular weight excluding hydrogens is 344 g/mol. The van der Waals surface area contributed by atoms with E-state index in [1.807, 2.05) is 66.7 Å². The molecule has 3 aromatic carbocycles. The summed E-state index contributed by atoms with van der Waals surface area (Å²) in [5.74, 6) is -0.237. The van der Waals surface area contributed by atoms with Crippen molar-refractivity contribution in [3.8, 4) is 0 Å². The van der Waals surface area contributed by atoms with Gasteiger partial charge in [-0.25, -0.2) is 4.79 Å². The lowest BCUT2D eigenvalue weighted by Crippen LogP contribution is -2.35. The highest BCUT2D eigenvalue weighted by molar-refractivity contribution is 8.15. The van der Waals surface area contributed by atoms with Gasteiger partial charge in [0.25, 0.3) is 5.04 Å². The van der Waals surface area contributed by atoms with E-state index in [1.54, 1.807) is 28.8 Å². The number of hydroxylamine groups is 1. The first-order valence-electron chi connectivity index (χ1n) is 8.25. The molecule has 1 aliphatic heterocycles. The zero-order valence-corrected chi connectivity index (χ0v) is 14.7. The first-order chi connectivity index (χ1) is 12.8. The number of amides is 1. The van der Waals surface area contributed by atoms with E-state index in [0.29, 0.717) is 5.69 Å². The Morgan fingerprint density at radius 1 is 0.808 bits per heavy atom. The van der Waals surface area contributed by atoms with Gasteiger partial charge in [0.2, 0.25) is 11.1 Å². The van der Waals surface area contributed by atoms with Gasteiger partial charge in [0.15, 0.2) is 0 Å². The zero-order valence-electron chi connectivity index (χ0n) is 13.9. The molecular formula is C21H16N2O2S. The Labute approximate surface area is 156 Å². The molecule has 0 saturated heterocycles. The van der Waals surface area contributed by atoms with Crippen LogP contribution in [0.2, 0.25) is 0 Å². The van der Waals surface area contributed by atoms with Crippen molar-refractivity contribution in [3.05, 3.63) is 102 Å². The van der Waals surface area contributed by atoms with Crippen LogP contribution in [-0.4, -0.2) is 20.9 Å². The molecule has 26 heavy (non-hydrogen) atoms. The van der Waals surface area contributed by atoms with Gasteiger partial charge < -0.3 is 10.3 Å². The van der Waals surface area contributed by atoms with Gasteiger partial charge in [0.05, 0.1) is 5.56 Å². The Balaban J connectivity index is 1.77. The summed E-state index contributed by atoms with van der Waals surface area (Å²) >= 11 is 1.28. The normalized spacial score (nSPS) is 16.8. The summed E-state index contributed by atoms with van der Waals surface area (Å²) in [7, 11) is 0. The summed E-state index contributed by atoms with van der Waals surface area (Å²) in [4.78, 5) is 13.1. The molecule has 1 amide bonds. The molecule has 3 aromatic rings. The topological polar surface area (TPSA) is 46.4 Å². The molecule has 1 atom stereocenters. The third-order valence-electron chi connectivity index (χ3n) is 4.12. The second-order valence-electron chi connectivity index (χ2n) is 5.81. The second-order valence-corrected chi connectivity index (χ2v) is 6.88. The van der Waals surface area contributed by atoms with Gasteiger partial charge in [-0.05, 0) is 36.0 Å². The Morgan fingerprint density at radius 2 is 1.35 bits per heavy atom. The van der Waals surface area contributed by atoms with E-state index in [-0.39, 0.29) is 5.91 Å². The third kappa shape index (κ3) is 3.03. The highest BCUT2D eigenvalue weighted by Crippen LogP contribution is 2.34. The summed E-state index contributed by atoms with van der Waals surface area (Å²) < 4.78 is 1.64. The Bertz CT molecular complexity index is 944. The molecule has 5 heteroatoms. The summed E-state index contributed by atoms with van der Waals surface area (Å²) in [6.45, 7) is 0. The number of carbonyl (C=O) groups is 1. The van der Waals surface area contributed by atoms with E-state index < -0.39 is 5.37 Å². The van der Waals surface area contributed by atoms with Crippen LogP contribution in [0, 0.1) is 5.21 Å². The number of hydrogen-bond acceptors (Lipinski definition) is 4. The lowest BCUT2D eigenvalue weighted by atomic mass is 10.2. The van der Waals surface area contributed by atoms with Gasteiger partial charge in [-0.3, -0.25) is 0 Å².